The van der Waals surface area contributed by atoms with Gasteiger partial charge in [0.25, 0.3) is 5.69 Å². The standard InChI is InChI=1S/C12H11N3O5S/c1-20-11-6-8(14(16)17)2-4-10(11)13-7-9-3-5-12(21-9)15(18)19/h2-6,13H,7H2,1H3. The number of nitrogens with one attached hydrogen (secondary N) is 1. The predicted molar refractivity (Wildman–Crippen MR) is 77.9 cm³/mol. The third-order valence-electron chi connectivity index (χ3n) is 2.68. The van der Waals surface area contributed by atoms with Crippen LogP contribution in [-0.2, 0) is 6.54 Å². The van der Waals surface area contributed by atoms with Crippen molar-refractivity contribution in [3.63, 3.8) is 0 Å². The highest BCUT2D eigenvalue weighted by molar-refractivity contribution is 7.15. The second-order valence-corrected chi connectivity index (χ2v) is 5.14. The number of methoxy groups -OCH3 is 1. The molecule has 0 aliphatic heterocycles. The molecule has 110 valence electrons. The normalized spacial score (nSPS) is 10.1. The maximum absolute atomic E-state index is 10.7. The fourth-order valence-electron chi connectivity index (χ4n) is 1.68. The van der Waals surface area contributed by atoms with Crippen LogP contribution >= 0.6 is 11.3 Å². The summed E-state index contributed by atoms with van der Waals surface area (Å²) in [5.74, 6) is 0.343. The van der Waals surface area contributed by atoms with Crippen molar-refractivity contribution in [1.29, 1.82) is 0 Å². The lowest BCUT2D eigenvalue weighted by molar-refractivity contribution is -0.384. The minimum absolute atomic E-state index is 0.0656. The molecule has 0 saturated heterocycles. The second-order valence-electron chi connectivity index (χ2n) is 3.99. The lowest BCUT2D eigenvalue weighted by atomic mass is 10.2. The van der Waals surface area contributed by atoms with Crippen LogP contribution < -0.4 is 10.1 Å². The van der Waals surface area contributed by atoms with E-state index in [2.05, 4.69) is 5.32 Å². The molecule has 0 fully saturated rings. The first kappa shape index (κ1) is 14.7. The van der Waals surface area contributed by atoms with Crippen molar-refractivity contribution < 1.29 is 14.6 Å². The topological polar surface area (TPSA) is 108 Å². The van der Waals surface area contributed by atoms with Gasteiger partial charge in [-0.15, -0.1) is 0 Å². The van der Waals surface area contributed by atoms with E-state index in [9.17, 15) is 20.2 Å². The van der Waals surface area contributed by atoms with Gasteiger partial charge in [0.2, 0.25) is 0 Å². The van der Waals surface area contributed by atoms with Crippen molar-refractivity contribution in [2.24, 2.45) is 0 Å². The van der Waals surface area contributed by atoms with Crippen LogP contribution in [-0.4, -0.2) is 17.0 Å². The molecule has 1 N–H and O–H groups in total. The Labute approximate surface area is 123 Å². The zero-order valence-electron chi connectivity index (χ0n) is 10.9. The monoisotopic (exact) mass is 309 g/mol. The van der Waals surface area contributed by atoms with Crippen LogP contribution in [0.4, 0.5) is 16.4 Å². The number of ether oxygens (including phenoxy) is 1. The highest BCUT2D eigenvalue weighted by Gasteiger charge is 2.13. The zero-order chi connectivity index (χ0) is 15.4. The minimum atomic E-state index is -0.505. The Morgan fingerprint density at radius 3 is 2.52 bits per heavy atom. The molecule has 0 atom stereocenters. The summed E-state index contributed by atoms with van der Waals surface area (Å²) in [6, 6.07) is 7.32. The summed E-state index contributed by atoms with van der Waals surface area (Å²) < 4.78 is 5.10. The van der Waals surface area contributed by atoms with E-state index in [1.807, 2.05) is 0 Å². The number of hydrogen-bond donors (Lipinski definition) is 1. The van der Waals surface area contributed by atoms with Gasteiger partial charge in [-0.3, -0.25) is 20.2 Å². The van der Waals surface area contributed by atoms with Crippen LogP contribution in [0, 0.1) is 20.2 Å². The summed E-state index contributed by atoms with van der Waals surface area (Å²) in [7, 11) is 1.42. The Morgan fingerprint density at radius 2 is 1.95 bits per heavy atom. The molecule has 2 rings (SSSR count). The third kappa shape index (κ3) is 3.45. The maximum Gasteiger partial charge on any atom is 0.324 e. The molecule has 0 spiro atoms. The number of thiophene rings is 1. The summed E-state index contributed by atoms with van der Waals surface area (Å²) in [6.45, 7) is 0.368. The van der Waals surface area contributed by atoms with Crippen LogP contribution in [0.2, 0.25) is 0 Å². The van der Waals surface area contributed by atoms with Gasteiger partial charge in [0, 0.05) is 23.6 Å². The van der Waals surface area contributed by atoms with Gasteiger partial charge < -0.3 is 10.1 Å². The molecule has 0 saturated carbocycles. The molecule has 1 aromatic heterocycles. The van der Waals surface area contributed by atoms with Gasteiger partial charge in [-0.25, -0.2) is 0 Å². The molecular weight excluding hydrogens is 298 g/mol. The summed E-state index contributed by atoms with van der Waals surface area (Å²) in [6.07, 6.45) is 0. The van der Waals surface area contributed by atoms with Crippen molar-refractivity contribution in [3.05, 3.63) is 55.4 Å². The first-order valence-corrected chi connectivity index (χ1v) is 6.62. The number of non-ortho nitro benzene ring substituents is 1. The van der Waals surface area contributed by atoms with Crippen LogP contribution in [0.3, 0.4) is 0 Å². The SMILES string of the molecule is COc1cc([N+](=O)[O-])ccc1NCc1ccc([N+](=O)[O-])s1. The Balaban J connectivity index is 2.11. The molecular formula is C12H11N3O5S. The Morgan fingerprint density at radius 1 is 1.19 bits per heavy atom. The van der Waals surface area contributed by atoms with Gasteiger partial charge in [0.1, 0.15) is 5.75 Å². The van der Waals surface area contributed by atoms with E-state index < -0.39 is 9.85 Å². The summed E-state index contributed by atoms with van der Waals surface area (Å²) >= 11 is 1.07. The summed E-state index contributed by atoms with van der Waals surface area (Å²) in [5, 5.41) is 24.4. The maximum atomic E-state index is 10.7. The number of rotatable bonds is 6. The van der Waals surface area contributed by atoms with Crippen molar-refractivity contribution in [3.8, 4) is 5.75 Å². The number of benzene rings is 1. The molecule has 0 radical (unpaired) electrons. The van der Waals surface area contributed by atoms with E-state index in [0.29, 0.717) is 18.0 Å². The highest BCUT2D eigenvalue weighted by Crippen LogP contribution is 2.30. The smallest absolute Gasteiger partial charge is 0.324 e. The zero-order valence-corrected chi connectivity index (χ0v) is 11.8. The number of anilines is 1. The molecule has 9 heteroatoms. The molecule has 2 aromatic rings. The van der Waals surface area contributed by atoms with E-state index in [1.165, 1.54) is 25.3 Å². The molecule has 1 aromatic carbocycles. The largest absolute Gasteiger partial charge is 0.494 e. The predicted octanol–water partition coefficient (Wildman–Crippen LogP) is 3.19. The average Bonchev–Trinajstić information content (AvgIpc) is 2.93. The van der Waals surface area contributed by atoms with Crippen LogP contribution in [0.1, 0.15) is 4.88 Å². The quantitative estimate of drug-likeness (QED) is 0.648. The first-order chi connectivity index (χ1) is 10.0. The number of hydrogen-bond acceptors (Lipinski definition) is 7. The number of nitrogens with zero attached hydrogens (tertiary/aromatic N) is 2. The summed E-state index contributed by atoms with van der Waals surface area (Å²) in [4.78, 5) is 21.1. The third-order valence-corrected chi connectivity index (χ3v) is 3.71. The number of nitro benzene ring substituents is 1. The van der Waals surface area contributed by atoms with Gasteiger partial charge >= 0.3 is 5.00 Å². The lowest BCUT2D eigenvalue weighted by Gasteiger charge is -2.09. The van der Waals surface area contributed by atoms with Gasteiger partial charge in [-0.1, -0.05) is 11.3 Å². The second kappa shape index (κ2) is 6.18. The first-order valence-electron chi connectivity index (χ1n) is 5.80. The molecule has 8 nitrogen and oxygen atoms in total. The Bertz CT molecular complexity index is 685. The molecule has 0 aliphatic rings. The average molecular weight is 309 g/mol. The molecule has 0 amide bonds. The highest BCUT2D eigenvalue weighted by atomic mass is 32.1. The van der Waals surface area contributed by atoms with E-state index in [-0.39, 0.29) is 10.7 Å². The van der Waals surface area contributed by atoms with Crippen LogP contribution in [0.15, 0.2) is 30.3 Å². The van der Waals surface area contributed by atoms with E-state index in [4.69, 9.17) is 4.74 Å². The van der Waals surface area contributed by atoms with E-state index in [1.54, 1.807) is 12.1 Å². The van der Waals surface area contributed by atoms with Gasteiger partial charge in [0.15, 0.2) is 0 Å². The van der Waals surface area contributed by atoms with Gasteiger partial charge in [-0.05, 0) is 12.1 Å². The fourth-order valence-corrected chi connectivity index (χ4v) is 2.44. The van der Waals surface area contributed by atoms with Crippen LogP contribution in [0.25, 0.3) is 0 Å². The van der Waals surface area contributed by atoms with Crippen molar-refractivity contribution >= 4 is 27.7 Å². The van der Waals surface area contributed by atoms with Crippen molar-refractivity contribution in [2.75, 3.05) is 12.4 Å². The minimum Gasteiger partial charge on any atom is -0.494 e. The van der Waals surface area contributed by atoms with Crippen molar-refractivity contribution in [2.45, 2.75) is 6.54 Å². The Hall–Kier alpha value is -2.68. The molecule has 1 heterocycles. The number of nitro groups is 2. The Kier molecular flexibility index (Phi) is 4.33. The molecule has 21 heavy (non-hydrogen) atoms. The molecule has 0 unspecified atom stereocenters. The lowest BCUT2D eigenvalue weighted by Crippen LogP contribution is -2.00. The van der Waals surface area contributed by atoms with Gasteiger partial charge in [-0.2, -0.15) is 0 Å². The van der Waals surface area contributed by atoms with Crippen LogP contribution in [0.5, 0.6) is 5.75 Å². The molecule has 0 bridgehead atoms. The summed E-state index contributed by atoms with van der Waals surface area (Å²) in [5.41, 5.74) is 0.517. The van der Waals surface area contributed by atoms with Gasteiger partial charge in [0.05, 0.1) is 28.7 Å². The van der Waals surface area contributed by atoms with E-state index >= 15 is 0 Å². The molecule has 0 aliphatic carbocycles. The van der Waals surface area contributed by atoms with E-state index in [0.717, 1.165) is 16.2 Å². The van der Waals surface area contributed by atoms with Crippen molar-refractivity contribution in [1.82, 2.24) is 0 Å². The fraction of sp³-hybridized carbons (Fsp3) is 0.167.